The van der Waals surface area contributed by atoms with Crippen LogP contribution in [0.15, 0.2) is 12.1 Å². The lowest BCUT2D eigenvalue weighted by Gasteiger charge is -2.46. The number of carbonyl (C=O) groups excluding carboxylic acids is 1. The van der Waals surface area contributed by atoms with Gasteiger partial charge in [-0.15, -0.1) is 0 Å². The van der Waals surface area contributed by atoms with Gasteiger partial charge < -0.3 is 9.47 Å². The number of esters is 1. The molecule has 0 saturated heterocycles. The molecule has 174 valence electrons. The molecule has 0 unspecified atom stereocenters. The van der Waals surface area contributed by atoms with Crippen LogP contribution < -0.4 is 9.47 Å². The standard InChI is InChI=1S/C26H38F2O3/c1-3-5-15-26(16-7-6-8-17-26)20-11-9-19(10-12-20)25(29)31-22-14-13-21(30-18-4-2)23(27)24(22)28/h13-14,19-20H,3-12,15-18H2,1-2H3. The predicted octanol–water partition coefficient (Wildman–Crippen LogP) is 7.61. The number of hydrogen-bond acceptors (Lipinski definition) is 3. The summed E-state index contributed by atoms with van der Waals surface area (Å²) in [6.07, 6.45) is 14.8. The highest BCUT2D eigenvalue weighted by Gasteiger charge is 2.41. The smallest absolute Gasteiger partial charge is 0.314 e. The number of unbranched alkanes of at least 4 members (excludes halogenated alkanes) is 1. The highest BCUT2D eigenvalue weighted by atomic mass is 19.2. The molecule has 2 aliphatic rings. The van der Waals surface area contributed by atoms with Crippen LogP contribution in [-0.2, 0) is 4.79 Å². The Balaban J connectivity index is 1.58. The zero-order valence-corrected chi connectivity index (χ0v) is 19.2. The quantitative estimate of drug-likeness (QED) is 0.295. The van der Waals surface area contributed by atoms with E-state index in [1.165, 1.54) is 63.5 Å². The molecule has 0 bridgehead atoms. The van der Waals surface area contributed by atoms with E-state index in [1.807, 2.05) is 6.92 Å². The summed E-state index contributed by atoms with van der Waals surface area (Å²) >= 11 is 0. The number of carbonyl (C=O) groups is 1. The Morgan fingerprint density at radius 2 is 1.61 bits per heavy atom. The highest BCUT2D eigenvalue weighted by Crippen LogP contribution is 2.52. The summed E-state index contributed by atoms with van der Waals surface area (Å²) in [5.41, 5.74) is 0.451. The molecular formula is C26H38F2O3. The molecule has 2 saturated carbocycles. The van der Waals surface area contributed by atoms with Crippen molar-refractivity contribution in [1.29, 1.82) is 0 Å². The van der Waals surface area contributed by atoms with Crippen molar-refractivity contribution in [2.24, 2.45) is 17.3 Å². The van der Waals surface area contributed by atoms with Gasteiger partial charge in [-0.1, -0.05) is 46.0 Å². The lowest BCUT2D eigenvalue weighted by Crippen LogP contribution is -2.37. The third-order valence-electron chi connectivity index (χ3n) is 7.49. The molecule has 2 fully saturated rings. The highest BCUT2D eigenvalue weighted by molar-refractivity contribution is 5.75. The zero-order chi connectivity index (χ0) is 22.3. The minimum absolute atomic E-state index is 0.149. The van der Waals surface area contributed by atoms with Crippen LogP contribution in [-0.4, -0.2) is 12.6 Å². The van der Waals surface area contributed by atoms with Crippen molar-refractivity contribution in [2.75, 3.05) is 6.61 Å². The van der Waals surface area contributed by atoms with E-state index in [9.17, 15) is 13.6 Å². The van der Waals surface area contributed by atoms with E-state index in [2.05, 4.69) is 6.92 Å². The van der Waals surface area contributed by atoms with E-state index in [4.69, 9.17) is 9.47 Å². The molecule has 1 aromatic rings. The average Bonchev–Trinajstić information content (AvgIpc) is 2.81. The van der Waals surface area contributed by atoms with E-state index in [-0.39, 0.29) is 17.4 Å². The molecule has 0 spiro atoms. The first-order valence-corrected chi connectivity index (χ1v) is 12.3. The molecule has 2 aliphatic carbocycles. The Bertz CT molecular complexity index is 720. The summed E-state index contributed by atoms with van der Waals surface area (Å²) in [5.74, 6) is -2.75. The average molecular weight is 437 g/mol. The van der Waals surface area contributed by atoms with Crippen molar-refractivity contribution in [1.82, 2.24) is 0 Å². The summed E-state index contributed by atoms with van der Waals surface area (Å²) < 4.78 is 39.0. The molecule has 3 nitrogen and oxygen atoms in total. The Hall–Kier alpha value is -1.65. The van der Waals surface area contributed by atoms with E-state index in [1.54, 1.807) is 0 Å². The molecule has 0 radical (unpaired) electrons. The van der Waals surface area contributed by atoms with Crippen LogP contribution in [0, 0.1) is 28.9 Å². The Kier molecular flexibility index (Phi) is 8.74. The van der Waals surface area contributed by atoms with Gasteiger partial charge in [-0.3, -0.25) is 4.79 Å². The summed E-state index contributed by atoms with van der Waals surface area (Å²) in [7, 11) is 0. The fourth-order valence-corrected chi connectivity index (χ4v) is 5.70. The van der Waals surface area contributed by atoms with Crippen molar-refractivity contribution in [3.8, 4) is 11.5 Å². The second kappa shape index (κ2) is 11.3. The van der Waals surface area contributed by atoms with Crippen molar-refractivity contribution in [2.45, 2.75) is 97.3 Å². The normalized spacial score (nSPS) is 23.4. The van der Waals surface area contributed by atoms with Gasteiger partial charge in [0, 0.05) is 0 Å². The molecule has 0 atom stereocenters. The van der Waals surface area contributed by atoms with Gasteiger partial charge in [0.1, 0.15) is 0 Å². The molecule has 0 aliphatic heterocycles. The molecule has 31 heavy (non-hydrogen) atoms. The van der Waals surface area contributed by atoms with Crippen LogP contribution in [0.4, 0.5) is 8.78 Å². The zero-order valence-electron chi connectivity index (χ0n) is 19.2. The van der Waals surface area contributed by atoms with Gasteiger partial charge >= 0.3 is 5.97 Å². The largest absolute Gasteiger partial charge is 0.490 e. The van der Waals surface area contributed by atoms with Crippen LogP contribution in [0.1, 0.15) is 97.3 Å². The lowest BCUT2D eigenvalue weighted by molar-refractivity contribution is -0.141. The summed E-state index contributed by atoms with van der Waals surface area (Å²) in [6.45, 7) is 4.45. The first-order chi connectivity index (χ1) is 15.0. The number of halogens is 2. The lowest BCUT2D eigenvalue weighted by atomic mass is 9.59. The monoisotopic (exact) mass is 436 g/mol. The molecule has 0 N–H and O–H groups in total. The van der Waals surface area contributed by atoms with E-state index >= 15 is 0 Å². The minimum Gasteiger partial charge on any atom is -0.490 e. The fraction of sp³-hybridized carbons (Fsp3) is 0.731. The van der Waals surface area contributed by atoms with Gasteiger partial charge in [0.15, 0.2) is 11.5 Å². The van der Waals surface area contributed by atoms with Crippen LogP contribution in [0.3, 0.4) is 0 Å². The first-order valence-electron chi connectivity index (χ1n) is 12.3. The van der Waals surface area contributed by atoms with Crippen molar-refractivity contribution in [3.05, 3.63) is 23.8 Å². The minimum atomic E-state index is -1.16. The molecule has 1 aromatic carbocycles. The SMILES string of the molecule is CCCCC1(C2CCC(C(=O)Oc3ccc(OCCC)c(F)c3F)CC2)CCCCC1. The maximum atomic E-state index is 14.4. The number of benzene rings is 1. The number of ether oxygens (including phenoxy) is 2. The van der Waals surface area contributed by atoms with Crippen molar-refractivity contribution >= 4 is 5.97 Å². The number of hydrogen-bond donors (Lipinski definition) is 0. The van der Waals surface area contributed by atoms with Crippen LogP contribution in [0.25, 0.3) is 0 Å². The molecular weight excluding hydrogens is 398 g/mol. The van der Waals surface area contributed by atoms with E-state index in [0.29, 0.717) is 24.4 Å². The van der Waals surface area contributed by atoms with Crippen LogP contribution in [0.5, 0.6) is 11.5 Å². The summed E-state index contributed by atoms with van der Waals surface area (Å²) in [4.78, 5) is 12.7. The third-order valence-corrected chi connectivity index (χ3v) is 7.49. The fourth-order valence-electron chi connectivity index (χ4n) is 5.70. The Labute approximate surface area is 185 Å². The van der Waals surface area contributed by atoms with Gasteiger partial charge in [0.05, 0.1) is 12.5 Å². The van der Waals surface area contributed by atoms with Gasteiger partial charge in [-0.05, 0) is 74.8 Å². The maximum Gasteiger partial charge on any atom is 0.314 e. The molecule has 0 amide bonds. The summed E-state index contributed by atoms with van der Waals surface area (Å²) in [6, 6.07) is 2.61. The summed E-state index contributed by atoms with van der Waals surface area (Å²) in [5, 5.41) is 0. The third kappa shape index (κ3) is 5.78. The second-order valence-corrected chi connectivity index (χ2v) is 9.53. The molecule has 3 rings (SSSR count). The second-order valence-electron chi connectivity index (χ2n) is 9.53. The van der Waals surface area contributed by atoms with E-state index < -0.39 is 17.6 Å². The van der Waals surface area contributed by atoms with E-state index in [0.717, 1.165) is 25.7 Å². The predicted molar refractivity (Wildman–Crippen MR) is 118 cm³/mol. The molecule has 0 aromatic heterocycles. The number of rotatable bonds is 9. The Morgan fingerprint density at radius 3 is 2.26 bits per heavy atom. The van der Waals surface area contributed by atoms with Gasteiger partial charge in [0.25, 0.3) is 0 Å². The van der Waals surface area contributed by atoms with Crippen LogP contribution in [0.2, 0.25) is 0 Å². The van der Waals surface area contributed by atoms with Gasteiger partial charge in [-0.2, -0.15) is 8.78 Å². The van der Waals surface area contributed by atoms with Gasteiger partial charge in [-0.25, -0.2) is 0 Å². The van der Waals surface area contributed by atoms with Gasteiger partial charge in [0.2, 0.25) is 11.6 Å². The maximum absolute atomic E-state index is 14.4. The Morgan fingerprint density at radius 1 is 0.968 bits per heavy atom. The van der Waals surface area contributed by atoms with Crippen molar-refractivity contribution < 1.29 is 23.0 Å². The topological polar surface area (TPSA) is 35.5 Å². The molecule has 5 heteroatoms. The first kappa shape index (κ1) is 24.0. The van der Waals surface area contributed by atoms with Crippen molar-refractivity contribution in [3.63, 3.8) is 0 Å². The molecule has 0 heterocycles. The van der Waals surface area contributed by atoms with Crippen LogP contribution >= 0.6 is 0 Å².